The van der Waals surface area contributed by atoms with Gasteiger partial charge in [-0.05, 0) is 35.8 Å². The van der Waals surface area contributed by atoms with Crippen molar-refractivity contribution in [2.45, 2.75) is 52.3 Å². The SMILES string of the molecule is COCc1cccc(CNC2C(C)CCCC2C)c1. The average Bonchev–Trinajstić information content (AvgIpc) is 2.39. The van der Waals surface area contributed by atoms with Crippen molar-refractivity contribution < 1.29 is 4.74 Å². The van der Waals surface area contributed by atoms with E-state index in [0.717, 1.165) is 18.4 Å². The zero-order valence-corrected chi connectivity index (χ0v) is 12.5. The molecule has 2 nitrogen and oxygen atoms in total. The Hall–Kier alpha value is -0.860. The summed E-state index contributed by atoms with van der Waals surface area (Å²) in [5, 5.41) is 3.77. The Balaban J connectivity index is 1.92. The molecule has 0 amide bonds. The largest absolute Gasteiger partial charge is 0.380 e. The van der Waals surface area contributed by atoms with E-state index < -0.39 is 0 Å². The number of benzene rings is 1. The molecule has 1 N–H and O–H groups in total. The zero-order chi connectivity index (χ0) is 13.7. The lowest BCUT2D eigenvalue weighted by atomic mass is 9.78. The van der Waals surface area contributed by atoms with Gasteiger partial charge in [-0.25, -0.2) is 0 Å². The molecule has 1 aromatic rings. The van der Waals surface area contributed by atoms with Crippen LogP contribution in [-0.2, 0) is 17.9 Å². The molecule has 0 aliphatic heterocycles. The van der Waals surface area contributed by atoms with E-state index in [4.69, 9.17) is 4.74 Å². The van der Waals surface area contributed by atoms with Gasteiger partial charge in [-0.15, -0.1) is 0 Å². The maximum absolute atomic E-state index is 5.19. The Bertz CT molecular complexity index is 381. The van der Waals surface area contributed by atoms with Crippen LogP contribution in [0.5, 0.6) is 0 Å². The van der Waals surface area contributed by atoms with Crippen LogP contribution in [0.2, 0.25) is 0 Å². The molecule has 2 atom stereocenters. The molecule has 0 aromatic heterocycles. The molecule has 1 aliphatic carbocycles. The first kappa shape index (κ1) is 14.5. The second kappa shape index (κ2) is 7.06. The summed E-state index contributed by atoms with van der Waals surface area (Å²) in [5.41, 5.74) is 2.62. The number of methoxy groups -OCH3 is 1. The number of rotatable bonds is 5. The van der Waals surface area contributed by atoms with E-state index in [1.54, 1.807) is 7.11 Å². The fourth-order valence-corrected chi connectivity index (χ4v) is 3.32. The molecule has 0 saturated heterocycles. The van der Waals surface area contributed by atoms with E-state index in [-0.39, 0.29) is 0 Å². The second-order valence-electron chi connectivity index (χ2n) is 6.05. The summed E-state index contributed by atoms with van der Waals surface area (Å²) in [6.07, 6.45) is 4.13. The van der Waals surface area contributed by atoms with Crippen molar-refractivity contribution in [3.63, 3.8) is 0 Å². The molecule has 2 rings (SSSR count). The van der Waals surface area contributed by atoms with Crippen LogP contribution in [-0.4, -0.2) is 13.2 Å². The van der Waals surface area contributed by atoms with Gasteiger partial charge in [0.05, 0.1) is 6.61 Å². The first-order valence-corrected chi connectivity index (χ1v) is 7.51. The van der Waals surface area contributed by atoms with Gasteiger partial charge in [0.15, 0.2) is 0 Å². The minimum atomic E-state index is 0.667. The third-order valence-electron chi connectivity index (χ3n) is 4.39. The Labute approximate surface area is 117 Å². The molecule has 1 saturated carbocycles. The van der Waals surface area contributed by atoms with E-state index in [0.29, 0.717) is 12.6 Å². The normalized spacial score (nSPS) is 27.4. The van der Waals surface area contributed by atoms with Gasteiger partial charge in [0.25, 0.3) is 0 Å². The first-order chi connectivity index (χ1) is 9.20. The minimum absolute atomic E-state index is 0.667. The molecule has 2 unspecified atom stereocenters. The Morgan fingerprint density at radius 1 is 1.16 bits per heavy atom. The smallest absolute Gasteiger partial charge is 0.0713 e. The van der Waals surface area contributed by atoms with E-state index >= 15 is 0 Å². The standard InChI is InChI=1S/C17H27NO/c1-13-6-4-7-14(2)17(13)18-11-15-8-5-9-16(10-15)12-19-3/h5,8-10,13-14,17-18H,4,6-7,11-12H2,1-3H3. The molecular weight excluding hydrogens is 234 g/mol. The lowest BCUT2D eigenvalue weighted by Gasteiger charge is -2.35. The van der Waals surface area contributed by atoms with Gasteiger partial charge in [-0.1, -0.05) is 44.5 Å². The summed E-state index contributed by atoms with van der Waals surface area (Å²) in [6, 6.07) is 9.36. The van der Waals surface area contributed by atoms with Crippen LogP contribution in [0, 0.1) is 11.8 Å². The van der Waals surface area contributed by atoms with Crippen LogP contribution in [0.15, 0.2) is 24.3 Å². The van der Waals surface area contributed by atoms with Gasteiger partial charge in [-0.3, -0.25) is 0 Å². The molecule has 0 heterocycles. The maximum Gasteiger partial charge on any atom is 0.0713 e. The van der Waals surface area contributed by atoms with Crippen LogP contribution in [0.4, 0.5) is 0 Å². The molecule has 19 heavy (non-hydrogen) atoms. The van der Waals surface area contributed by atoms with Gasteiger partial charge in [0.2, 0.25) is 0 Å². The molecule has 1 aromatic carbocycles. The molecule has 1 fully saturated rings. The summed E-state index contributed by atoms with van der Waals surface area (Å²) < 4.78 is 5.19. The van der Waals surface area contributed by atoms with Gasteiger partial charge in [0, 0.05) is 19.7 Å². The first-order valence-electron chi connectivity index (χ1n) is 7.51. The van der Waals surface area contributed by atoms with Crippen molar-refractivity contribution >= 4 is 0 Å². The highest BCUT2D eigenvalue weighted by molar-refractivity contribution is 5.23. The zero-order valence-electron chi connectivity index (χ0n) is 12.5. The highest BCUT2D eigenvalue weighted by Gasteiger charge is 2.26. The summed E-state index contributed by atoms with van der Waals surface area (Å²) >= 11 is 0. The van der Waals surface area contributed by atoms with E-state index in [1.807, 2.05) is 0 Å². The van der Waals surface area contributed by atoms with Crippen molar-refractivity contribution in [3.8, 4) is 0 Å². The van der Waals surface area contributed by atoms with Crippen molar-refractivity contribution in [1.29, 1.82) is 0 Å². The van der Waals surface area contributed by atoms with Crippen molar-refractivity contribution in [1.82, 2.24) is 5.32 Å². The van der Waals surface area contributed by atoms with Crippen molar-refractivity contribution in [3.05, 3.63) is 35.4 Å². The van der Waals surface area contributed by atoms with Crippen molar-refractivity contribution in [2.75, 3.05) is 7.11 Å². The van der Waals surface area contributed by atoms with Crippen LogP contribution in [0.25, 0.3) is 0 Å². The molecule has 2 heteroatoms. The van der Waals surface area contributed by atoms with E-state index in [9.17, 15) is 0 Å². The summed E-state index contributed by atoms with van der Waals surface area (Å²) in [6.45, 7) is 6.43. The predicted molar refractivity (Wildman–Crippen MR) is 80.0 cm³/mol. The number of hydrogen-bond donors (Lipinski definition) is 1. The Morgan fingerprint density at radius 2 is 1.84 bits per heavy atom. The molecule has 0 bridgehead atoms. The summed E-state index contributed by atoms with van der Waals surface area (Å²) in [7, 11) is 1.75. The summed E-state index contributed by atoms with van der Waals surface area (Å²) in [5.74, 6) is 1.59. The third kappa shape index (κ3) is 4.05. The predicted octanol–water partition coefficient (Wildman–Crippen LogP) is 3.75. The van der Waals surface area contributed by atoms with Crippen LogP contribution in [0.3, 0.4) is 0 Å². The third-order valence-corrected chi connectivity index (χ3v) is 4.39. The quantitative estimate of drug-likeness (QED) is 0.871. The fourth-order valence-electron chi connectivity index (χ4n) is 3.32. The van der Waals surface area contributed by atoms with E-state index in [2.05, 4.69) is 43.4 Å². The van der Waals surface area contributed by atoms with Gasteiger partial charge < -0.3 is 10.1 Å². The lowest BCUT2D eigenvalue weighted by Crippen LogP contribution is -2.42. The van der Waals surface area contributed by atoms with Gasteiger partial charge >= 0.3 is 0 Å². The second-order valence-corrected chi connectivity index (χ2v) is 6.05. The monoisotopic (exact) mass is 261 g/mol. The lowest BCUT2D eigenvalue weighted by molar-refractivity contribution is 0.184. The Kier molecular flexibility index (Phi) is 5.41. The highest BCUT2D eigenvalue weighted by Crippen LogP contribution is 2.29. The summed E-state index contributed by atoms with van der Waals surface area (Å²) in [4.78, 5) is 0. The van der Waals surface area contributed by atoms with Gasteiger partial charge in [0.1, 0.15) is 0 Å². The van der Waals surface area contributed by atoms with Crippen LogP contribution < -0.4 is 5.32 Å². The number of ether oxygens (including phenoxy) is 1. The fraction of sp³-hybridized carbons (Fsp3) is 0.647. The number of nitrogens with one attached hydrogen (secondary N) is 1. The molecule has 0 radical (unpaired) electrons. The minimum Gasteiger partial charge on any atom is -0.380 e. The molecule has 0 spiro atoms. The molecule has 106 valence electrons. The van der Waals surface area contributed by atoms with Gasteiger partial charge in [-0.2, -0.15) is 0 Å². The Morgan fingerprint density at radius 3 is 2.53 bits per heavy atom. The maximum atomic E-state index is 5.19. The topological polar surface area (TPSA) is 21.3 Å². The van der Waals surface area contributed by atoms with Crippen LogP contribution in [0.1, 0.15) is 44.2 Å². The number of hydrogen-bond acceptors (Lipinski definition) is 2. The average molecular weight is 261 g/mol. The highest BCUT2D eigenvalue weighted by atomic mass is 16.5. The van der Waals surface area contributed by atoms with E-state index in [1.165, 1.54) is 30.4 Å². The van der Waals surface area contributed by atoms with Crippen LogP contribution >= 0.6 is 0 Å². The molecular formula is C17H27NO. The molecule has 1 aliphatic rings. The van der Waals surface area contributed by atoms with Crippen molar-refractivity contribution in [2.24, 2.45) is 11.8 Å².